The molecule has 4 aromatic rings. The van der Waals surface area contributed by atoms with Gasteiger partial charge in [0.15, 0.2) is 0 Å². The van der Waals surface area contributed by atoms with Crippen LogP contribution < -0.4 is 5.32 Å². The van der Waals surface area contributed by atoms with Crippen LogP contribution >= 0.6 is 0 Å². The summed E-state index contributed by atoms with van der Waals surface area (Å²) >= 11 is 0. The van der Waals surface area contributed by atoms with Crippen LogP contribution in [0.25, 0.3) is 16.7 Å². The van der Waals surface area contributed by atoms with Gasteiger partial charge in [0.05, 0.1) is 5.69 Å². The first kappa shape index (κ1) is 13.3. The minimum Gasteiger partial charge on any atom is -0.324 e. The van der Waals surface area contributed by atoms with Gasteiger partial charge in [0.2, 0.25) is 0 Å². The third-order valence-electron chi connectivity index (χ3n) is 3.63. The van der Waals surface area contributed by atoms with Gasteiger partial charge in [-0.2, -0.15) is 15.4 Å². The number of aromatic nitrogens is 4. The van der Waals surface area contributed by atoms with Crippen LogP contribution in [0.3, 0.4) is 0 Å². The molecule has 0 aliphatic heterocycles. The Kier molecular flexibility index (Phi) is 3.12. The minimum absolute atomic E-state index is 0.181. The molecule has 0 radical (unpaired) electrons. The van der Waals surface area contributed by atoms with Crippen LogP contribution in [0.5, 0.6) is 0 Å². The molecule has 112 valence electrons. The number of anilines is 1. The van der Waals surface area contributed by atoms with Crippen LogP contribution in [0, 0.1) is 0 Å². The number of benzene rings is 2. The molecule has 0 aliphatic rings. The highest BCUT2D eigenvalue weighted by molar-refractivity contribution is 6.07. The van der Waals surface area contributed by atoms with Crippen LogP contribution in [-0.2, 0) is 0 Å². The number of nitrogens with one attached hydrogen (secondary N) is 2. The number of para-hydroxylation sites is 1. The molecule has 6 nitrogen and oxygen atoms in total. The van der Waals surface area contributed by atoms with Gasteiger partial charge in [0.1, 0.15) is 11.0 Å². The Hall–Kier alpha value is -3.41. The number of fused-ring (bicyclic) bond motifs is 1. The Morgan fingerprint density at radius 3 is 2.52 bits per heavy atom. The molecule has 0 unspecified atom stereocenters. The number of carbonyl (C=O) groups excluding carboxylic acids is 1. The van der Waals surface area contributed by atoms with Crippen LogP contribution in [0.4, 0.5) is 5.69 Å². The monoisotopic (exact) mass is 303 g/mol. The van der Waals surface area contributed by atoms with Crippen molar-refractivity contribution in [3.8, 4) is 5.69 Å². The van der Waals surface area contributed by atoms with Crippen molar-refractivity contribution in [2.75, 3.05) is 5.32 Å². The van der Waals surface area contributed by atoms with E-state index >= 15 is 0 Å². The second-order valence-electron chi connectivity index (χ2n) is 5.09. The fourth-order valence-electron chi connectivity index (χ4n) is 2.45. The molecule has 0 atom stereocenters. The van der Waals surface area contributed by atoms with Crippen molar-refractivity contribution in [3.63, 3.8) is 0 Å². The van der Waals surface area contributed by atoms with Crippen LogP contribution in [-0.4, -0.2) is 25.9 Å². The van der Waals surface area contributed by atoms with E-state index in [4.69, 9.17) is 0 Å². The molecule has 2 heterocycles. The molecule has 2 N–H and O–H groups in total. The number of amides is 1. The zero-order valence-corrected chi connectivity index (χ0v) is 12.1. The molecule has 0 aliphatic carbocycles. The van der Waals surface area contributed by atoms with Crippen molar-refractivity contribution in [1.82, 2.24) is 20.0 Å². The molecule has 2 aromatic carbocycles. The molecule has 0 bridgehead atoms. The fourth-order valence-corrected chi connectivity index (χ4v) is 2.45. The SMILES string of the molecule is O=C(Nc1cccc2n[nH]nc12)c1ccc(-n2cccc2)cc1. The van der Waals surface area contributed by atoms with Crippen LogP contribution in [0.15, 0.2) is 67.0 Å². The van der Waals surface area contributed by atoms with Gasteiger partial charge in [-0.3, -0.25) is 4.79 Å². The van der Waals surface area contributed by atoms with E-state index in [9.17, 15) is 4.79 Å². The molecule has 23 heavy (non-hydrogen) atoms. The first-order valence-electron chi connectivity index (χ1n) is 7.15. The maximum Gasteiger partial charge on any atom is 0.255 e. The zero-order chi connectivity index (χ0) is 15.6. The molecule has 0 saturated carbocycles. The summed E-state index contributed by atoms with van der Waals surface area (Å²) in [4.78, 5) is 12.4. The van der Waals surface area contributed by atoms with Gasteiger partial charge in [0.25, 0.3) is 5.91 Å². The lowest BCUT2D eigenvalue weighted by molar-refractivity contribution is 0.102. The second kappa shape index (κ2) is 5.42. The summed E-state index contributed by atoms with van der Waals surface area (Å²) in [7, 11) is 0. The molecule has 0 fully saturated rings. The molecular weight excluding hydrogens is 290 g/mol. The number of hydrogen-bond donors (Lipinski definition) is 2. The maximum atomic E-state index is 12.4. The largest absolute Gasteiger partial charge is 0.324 e. The zero-order valence-electron chi connectivity index (χ0n) is 12.1. The van der Waals surface area contributed by atoms with Crippen LogP contribution in [0.1, 0.15) is 10.4 Å². The standard InChI is InChI=1S/C17H13N5O/c23-17(18-14-4-3-5-15-16(14)20-21-19-15)12-6-8-13(9-7-12)22-10-1-2-11-22/h1-11H,(H,18,23)(H,19,20,21). The number of hydrogen-bond acceptors (Lipinski definition) is 3. The van der Waals surface area contributed by atoms with E-state index in [0.717, 1.165) is 5.69 Å². The number of carbonyl (C=O) groups is 1. The Morgan fingerprint density at radius 1 is 0.957 bits per heavy atom. The summed E-state index contributed by atoms with van der Waals surface area (Å²) in [5.41, 5.74) is 3.58. The van der Waals surface area contributed by atoms with E-state index in [2.05, 4.69) is 20.7 Å². The highest BCUT2D eigenvalue weighted by atomic mass is 16.1. The highest BCUT2D eigenvalue weighted by Gasteiger charge is 2.10. The maximum absolute atomic E-state index is 12.4. The molecule has 4 rings (SSSR count). The normalized spacial score (nSPS) is 10.8. The molecule has 0 saturated heterocycles. The van der Waals surface area contributed by atoms with Gasteiger partial charge < -0.3 is 9.88 Å². The average molecular weight is 303 g/mol. The second-order valence-corrected chi connectivity index (χ2v) is 5.09. The lowest BCUT2D eigenvalue weighted by atomic mass is 10.2. The van der Waals surface area contributed by atoms with Gasteiger partial charge in [0, 0.05) is 23.6 Å². The van der Waals surface area contributed by atoms with Gasteiger partial charge in [-0.05, 0) is 48.5 Å². The minimum atomic E-state index is -0.181. The summed E-state index contributed by atoms with van der Waals surface area (Å²) in [6, 6.07) is 16.8. The van der Waals surface area contributed by atoms with E-state index in [1.165, 1.54) is 0 Å². The molecule has 0 spiro atoms. The van der Waals surface area contributed by atoms with E-state index in [1.54, 1.807) is 18.2 Å². The first-order valence-corrected chi connectivity index (χ1v) is 7.15. The predicted molar refractivity (Wildman–Crippen MR) is 87.6 cm³/mol. The first-order chi connectivity index (χ1) is 11.3. The van der Waals surface area contributed by atoms with Crippen LogP contribution in [0.2, 0.25) is 0 Å². The van der Waals surface area contributed by atoms with Crippen molar-refractivity contribution >= 4 is 22.6 Å². The average Bonchev–Trinajstić information content (AvgIpc) is 3.27. The fraction of sp³-hybridized carbons (Fsp3) is 0. The topological polar surface area (TPSA) is 75.6 Å². The highest BCUT2D eigenvalue weighted by Crippen LogP contribution is 2.20. The number of nitrogens with zero attached hydrogens (tertiary/aromatic N) is 3. The summed E-state index contributed by atoms with van der Waals surface area (Å²) in [5, 5.41) is 13.5. The van der Waals surface area contributed by atoms with Gasteiger partial charge in [-0.15, -0.1) is 0 Å². The molecule has 6 heteroatoms. The molecular formula is C17H13N5O. The van der Waals surface area contributed by atoms with Crippen molar-refractivity contribution in [2.24, 2.45) is 0 Å². The summed E-state index contributed by atoms with van der Waals surface area (Å²) in [6.07, 6.45) is 3.92. The van der Waals surface area contributed by atoms with E-state index in [1.807, 2.05) is 53.4 Å². The summed E-state index contributed by atoms with van der Waals surface area (Å²) in [5.74, 6) is -0.181. The Morgan fingerprint density at radius 2 is 1.74 bits per heavy atom. The number of rotatable bonds is 3. The third-order valence-corrected chi connectivity index (χ3v) is 3.63. The lowest BCUT2D eigenvalue weighted by Gasteiger charge is -2.07. The number of H-pyrrole nitrogens is 1. The van der Waals surface area contributed by atoms with Gasteiger partial charge in [-0.25, -0.2) is 0 Å². The molecule has 2 aromatic heterocycles. The smallest absolute Gasteiger partial charge is 0.255 e. The predicted octanol–water partition coefficient (Wildman–Crippen LogP) is 3.00. The van der Waals surface area contributed by atoms with Crippen molar-refractivity contribution in [1.29, 1.82) is 0 Å². The number of aromatic amines is 1. The van der Waals surface area contributed by atoms with Crippen molar-refractivity contribution in [2.45, 2.75) is 0 Å². The van der Waals surface area contributed by atoms with Crippen molar-refractivity contribution in [3.05, 3.63) is 72.6 Å². The van der Waals surface area contributed by atoms with Gasteiger partial charge in [-0.1, -0.05) is 6.07 Å². The van der Waals surface area contributed by atoms with Gasteiger partial charge >= 0.3 is 0 Å². The van der Waals surface area contributed by atoms with E-state index in [0.29, 0.717) is 22.3 Å². The quantitative estimate of drug-likeness (QED) is 0.611. The third kappa shape index (κ3) is 2.46. The Bertz CT molecular complexity index is 954. The Balaban J connectivity index is 1.58. The van der Waals surface area contributed by atoms with E-state index in [-0.39, 0.29) is 5.91 Å². The Labute approximate surface area is 131 Å². The molecule has 1 amide bonds. The summed E-state index contributed by atoms with van der Waals surface area (Å²) < 4.78 is 1.98. The van der Waals surface area contributed by atoms with Crippen molar-refractivity contribution < 1.29 is 4.79 Å². The summed E-state index contributed by atoms with van der Waals surface area (Å²) in [6.45, 7) is 0. The lowest BCUT2D eigenvalue weighted by Crippen LogP contribution is -2.12. The van der Waals surface area contributed by atoms with E-state index < -0.39 is 0 Å².